The van der Waals surface area contributed by atoms with Gasteiger partial charge >= 0.3 is 18.0 Å². The summed E-state index contributed by atoms with van der Waals surface area (Å²) in [6, 6.07) is 0. The average Bonchev–Trinajstić information content (AvgIpc) is 3.07. The summed E-state index contributed by atoms with van der Waals surface area (Å²) in [6.07, 6.45) is -2.93. The van der Waals surface area contributed by atoms with Crippen molar-refractivity contribution in [3.05, 3.63) is 32.6 Å². The molecule has 1 saturated heterocycles. The number of carbonyl (C=O) groups is 2. The van der Waals surface area contributed by atoms with Gasteiger partial charge in [-0.2, -0.15) is 0 Å². The molecule has 11 heteroatoms. The minimum Gasteiger partial charge on any atom is -0.434 e. The van der Waals surface area contributed by atoms with E-state index in [4.69, 9.17) is 23.7 Å². The molecule has 1 aromatic heterocycles. The maximum Gasteiger partial charge on any atom is 0.508 e. The molecule has 0 saturated carbocycles. The third-order valence-electron chi connectivity index (χ3n) is 4.50. The zero-order valence-corrected chi connectivity index (χ0v) is 20.3. The second-order valence-electron chi connectivity index (χ2n) is 10.5. The van der Waals surface area contributed by atoms with E-state index >= 15 is 0 Å². The van der Waals surface area contributed by atoms with Crippen LogP contribution in [0.2, 0.25) is 0 Å². The summed E-state index contributed by atoms with van der Waals surface area (Å²) in [6.45, 7) is 13.0. The Balaban J connectivity index is 2.11. The first-order valence-corrected chi connectivity index (χ1v) is 10.7. The molecule has 186 valence electrons. The molecule has 1 aliphatic rings. The first-order chi connectivity index (χ1) is 15.1. The summed E-state index contributed by atoms with van der Waals surface area (Å²) in [7, 11) is 0. The van der Waals surface area contributed by atoms with E-state index in [-0.39, 0.29) is 37.1 Å². The van der Waals surface area contributed by atoms with E-state index in [9.17, 15) is 19.2 Å². The monoisotopic (exact) mass is 470 g/mol. The lowest BCUT2D eigenvalue weighted by atomic mass is 9.99. The Hall–Kier alpha value is -2.82. The van der Waals surface area contributed by atoms with Crippen molar-refractivity contribution in [3.8, 4) is 0 Å². The van der Waals surface area contributed by atoms with Gasteiger partial charge in [-0.1, -0.05) is 41.5 Å². The zero-order chi connectivity index (χ0) is 25.0. The second kappa shape index (κ2) is 10.4. The molecule has 0 radical (unpaired) electrons. The molecular weight excluding hydrogens is 436 g/mol. The Bertz CT molecular complexity index is 952. The van der Waals surface area contributed by atoms with Crippen molar-refractivity contribution in [1.29, 1.82) is 0 Å². The topological polar surface area (TPSA) is 135 Å². The average molecular weight is 471 g/mol. The number of aromatic nitrogens is 2. The predicted molar refractivity (Wildman–Crippen MR) is 117 cm³/mol. The fourth-order valence-electron chi connectivity index (χ4n) is 2.85. The first kappa shape index (κ1) is 26.4. The molecule has 33 heavy (non-hydrogen) atoms. The number of H-pyrrole nitrogens is 1. The van der Waals surface area contributed by atoms with E-state index in [1.165, 1.54) is 10.8 Å². The van der Waals surface area contributed by atoms with E-state index in [1.54, 1.807) is 6.92 Å². The highest BCUT2D eigenvalue weighted by atomic mass is 16.7. The molecule has 11 nitrogen and oxygen atoms in total. The highest BCUT2D eigenvalue weighted by molar-refractivity contribution is 5.60. The molecule has 0 aromatic carbocycles. The largest absolute Gasteiger partial charge is 0.508 e. The molecule has 1 fully saturated rings. The summed E-state index contributed by atoms with van der Waals surface area (Å²) in [4.78, 5) is 50.3. The smallest absolute Gasteiger partial charge is 0.434 e. The van der Waals surface area contributed by atoms with Crippen molar-refractivity contribution in [2.75, 3.05) is 19.8 Å². The molecular formula is C22H34N2O9. The molecule has 1 aliphatic heterocycles. The molecule has 0 spiro atoms. The van der Waals surface area contributed by atoms with E-state index < -0.39 is 42.0 Å². The van der Waals surface area contributed by atoms with Gasteiger partial charge in [0.1, 0.15) is 25.0 Å². The van der Waals surface area contributed by atoms with Gasteiger partial charge in [0, 0.05) is 18.2 Å². The van der Waals surface area contributed by atoms with Crippen LogP contribution in [-0.4, -0.2) is 53.9 Å². The van der Waals surface area contributed by atoms with E-state index in [2.05, 4.69) is 4.98 Å². The standard InChI is InChI=1S/C22H34N2O9/c1-13-9-24(18(26)23-17(13)25)16-8-14(33-20(28)31-12-22(5,6)7)15(32-16)10-29-19(27)30-11-21(2,3)4/h9,14-16H,8,10-12H2,1-7H3,(H,23,25,26)/t14-,15+,16+/m0/s1. The maximum atomic E-state index is 12.3. The van der Waals surface area contributed by atoms with Gasteiger partial charge in [-0.25, -0.2) is 14.4 Å². The molecule has 0 amide bonds. The minimum atomic E-state index is -0.899. The number of carbonyl (C=O) groups excluding carboxylic acids is 2. The van der Waals surface area contributed by atoms with Gasteiger partial charge in [-0.3, -0.25) is 14.3 Å². The van der Waals surface area contributed by atoms with Crippen molar-refractivity contribution in [2.24, 2.45) is 10.8 Å². The third-order valence-corrected chi connectivity index (χ3v) is 4.50. The summed E-state index contributed by atoms with van der Waals surface area (Å²) in [5.74, 6) is 0. The summed E-state index contributed by atoms with van der Waals surface area (Å²) < 4.78 is 27.8. The SMILES string of the molecule is Cc1cn([C@H]2C[C@H](OC(=O)OCC(C)(C)C)[C@@H](COC(=O)OCC(C)(C)C)O2)c(=O)[nH]c1=O. The highest BCUT2D eigenvalue weighted by Crippen LogP contribution is 2.31. The van der Waals surface area contributed by atoms with E-state index in [1.807, 2.05) is 41.5 Å². The molecule has 1 aromatic rings. The quantitative estimate of drug-likeness (QED) is 0.622. The number of aromatic amines is 1. The lowest BCUT2D eigenvalue weighted by molar-refractivity contribution is -0.0711. The van der Waals surface area contributed by atoms with Gasteiger partial charge in [0.2, 0.25) is 0 Å². The number of ether oxygens (including phenoxy) is 5. The maximum absolute atomic E-state index is 12.3. The van der Waals surface area contributed by atoms with Crippen LogP contribution < -0.4 is 11.2 Å². The van der Waals surface area contributed by atoms with Gasteiger partial charge in [-0.15, -0.1) is 0 Å². The molecule has 0 aliphatic carbocycles. The summed E-state index contributed by atoms with van der Waals surface area (Å²) in [5, 5.41) is 0. The molecule has 1 N–H and O–H groups in total. The van der Waals surface area contributed by atoms with Gasteiger partial charge in [-0.05, 0) is 17.8 Å². The Kier molecular flexibility index (Phi) is 8.34. The van der Waals surface area contributed by atoms with Crippen molar-refractivity contribution in [1.82, 2.24) is 9.55 Å². The normalized spacial score (nSPS) is 20.9. The van der Waals surface area contributed by atoms with Gasteiger partial charge in [0.15, 0.2) is 0 Å². The van der Waals surface area contributed by atoms with Crippen LogP contribution in [0, 0.1) is 17.8 Å². The van der Waals surface area contributed by atoms with Crippen LogP contribution in [0.1, 0.15) is 59.8 Å². The molecule has 2 rings (SSSR count). The Morgan fingerprint density at radius 3 is 2.18 bits per heavy atom. The highest BCUT2D eigenvalue weighted by Gasteiger charge is 2.41. The van der Waals surface area contributed by atoms with Crippen molar-refractivity contribution in [2.45, 2.75) is 73.3 Å². The van der Waals surface area contributed by atoms with E-state index in [0.29, 0.717) is 5.56 Å². The van der Waals surface area contributed by atoms with Crippen LogP contribution in [-0.2, 0) is 23.7 Å². The lowest BCUT2D eigenvalue weighted by Gasteiger charge is -2.21. The Labute approximate surface area is 192 Å². The molecule has 0 unspecified atom stereocenters. The minimum absolute atomic E-state index is 0.0844. The number of nitrogens with one attached hydrogen (secondary N) is 1. The van der Waals surface area contributed by atoms with Gasteiger partial charge < -0.3 is 23.7 Å². The summed E-state index contributed by atoms with van der Waals surface area (Å²) >= 11 is 0. The van der Waals surface area contributed by atoms with Crippen LogP contribution in [0.25, 0.3) is 0 Å². The predicted octanol–water partition coefficient (Wildman–Crippen LogP) is 2.90. The number of hydrogen-bond donors (Lipinski definition) is 1. The molecule has 3 atom stereocenters. The van der Waals surface area contributed by atoms with Crippen LogP contribution in [0.4, 0.5) is 9.59 Å². The zero-order valence-electron chi connectivity index (χ0n) is 20.3. The number of rotatable bonds is 6. The van der Waals surface area contributed by atoms with Gasteiger partial charge in [0.25, 0.3) is 5.56 Å². The van der Waals surface area contributed by atoms with E-state index in [0.717, 1.165) is 0 Å². The van der Waals surface area contributed by atoms with Crippen LogP contribution >= 0.6 is 0 Å². The second-order valence-corrected chi connectivity index (χ2v) is 10.5. The fraction of sp³-hybridized carbons (Fsp3) is 0.727. The van der Waals surface area contributed by atoms with Crippen molar-refractivity contribution in [3.63, 3.8) is 0 Å². The number of hydrogen-bond acceptors (Lipinski definition) is 9. The first-order valence-electron chi connectivity index (χ1n) is 10.7. The number of nitrogens with zero attached hydrogens (tertiary/aromatic N) is 1. The molecule has 2 heterocycles. The van der Waals surface area contributed by atoms with Gasteiger partial charge in [0.05, 0.1) is 13.2 Å². The lowest BCUT2D eigenvalue weighted by Crippen LogP contribution is -2.34. The van der Waals surface area contributed by atoms with Crippen LogP contribution in [0.15, 0.2) is 15.8 Å². The van der Waals surface area contributed by atoms with Crippen molar-refractivity contribution < 1.29 is 33.3 Å². The fourth-order valence-corrected chi connectivity index (χ4v) is 2.85. The Morgan fingerprint density at radius 1 is 1.03 bits per heavy atom. The number of aryl methyl sites for hydroxylation is 1. The van der Waals surface area contributed by atoms with Crippen LogP contribution in [0.3, 0.4) is 0 Å². The van der Waals surface area contributed by atoms with Crippen molar-refractivity contribution >= 4 is 12.3 Å². The summed E-state index contributed by atoms with van der Waals surface area (Å²) in [5.41, 5.74) is -1.36. The molecule has 0 bridgehead atoms. The third kappa shape index (κ3) is 8.56. The Morgan fingerprint density at radius 2 is 1.61 bits per heavy atom. The van der Waals surface area contributed by atoms with Crippen LogP contribution in [0.5, 0.6) is 0 Å².